The number of hydrogen-bond donors (Lipinski definition) is 2. The Balaban J connectivity index is 1.70. The van der Waals surface area contributed by atoms with Crippen molar-refractivity contribution in [3.8, 4) is 11.8 Å². The predicted molar refractivity (Wildman–Crippen MR) is 76.7 cm³/mol. The summed E-state index contributed by atoms with van der Waals surface area (Å²) in [7, 11) is 0. The third-order valence-electron chi connectivity index (χ3n) is 3.35. The Hall–Kier alpha value is -2.02. The van der Waals surface area contributed by atoms with Gasteiger partial charge in [-0.2, -0.15) is 0 Å². The van der Waals surface area contributed by atoms with Crippen LogP contribution in [0.5, 0.6) is 0 Å². The minimum Gasteiger partial charge on any atom is -0.335 e. The lowest BCUT2D eigenvalue weighted by atomic mass is 9.96. The van der Waals surface area contributed by atoms with Crippen molar-refractivity contribution in [3.63, 3.8) is 0 Å². The monoisotopic (exact) mass is 274 g/mol. The summed E-state index contributed by atoms with van der Waals surface area (Å²) in [5.74, 6) is 5.44. The van der Waals surface area contributed by atoms with Crippen molar-refractivity contribution in [3.05, 3.63) is 35.6 Å². The van der Waals surface area contributed by atoms with E-state index in [1.165, 1.54) is 31.4 Å². The number of amides is 2. The van der Waals surface area contributed by atoms with Crippen LogP contribution in [0.2, 0.25) is 0 Å². The van der Waals surface area contributed by atoms with Crippen molar-refractivity contribution in [2.75, 3.05) is 6.54 Å². The minimum absolute atomic E-state index is 0.162. The van der Waals surface area contributed by atoms with E-state index >= 15 is 0 Å². The van der Waals surface area contributed by atoms with E-state index in [1.54, 1.807) is 12.1 Å². The van der Waals surface area contributed by atoms with E-state index in [9.17, 15) is 9.18 Å². The fourth-order valence-corrected chi connectivity index (χ4v) is 2.29. The van der Waals surface area contributed by atoms with Crippen molar-refractivity contribution in [1.82, 2.24) is 10.6 Å². The number of hydrogen-bond acceptors (Lipinski definition) is 1. The maximum Gasteiger partial charge on any atom is 0.315 e. The van der Waals surface area contributed by atoms with Gasteiger partial charge in [-0.1, -0.05) is 31.1 Å². The average Bonchev–Trinajstić information content (AvgIpc) is 2.46. The fourth-order valence-electron chi connectivity index (χ4n) is 2.29. The van der Waals surface area contributed by atoms with E-state index in [0.717, 1.165) is 18.4 Å². The second-order valence-electron chi connectivity index (χ2n) is 4.97. The van der Waals surface area contributed by atoms with Crippen molar-refractivity contribution in [1.29, 1.82) is 0 Å². The molecule has 1 fully saturated rings. The predicted octanol–water partition coefficient (Wildman–Crippen LogP) is 2.81. The SMILES string of the molecule is O=C(NCC#Cc1ccc(F)cc1)NC1CCCCC1. The second kappa shape index (κ2) is 7.54. The molecule has 0 saturated heterocycles. The van der Waals surface area contributed by atoms with Gasteiger partial charge in [-0.3, -0.25) is 0 Å². The minimum atomic E-state index is -0.277. The number of rotatable bonds is 2. The molecule has 0 heterocycles. The molecule has 0 unspecified atom stereocenters. The van der Waals surface area contributed by atoms with Crippen LogP contribution in [0.1, 0.15) is 37.7 Å². The van der Waals surface area contributed by atoms with Gasteiger partial charge in [-0.05, 0) is 37.1 Å². The quantitative estimate of drug-likeness (QED) is 0.800. The average molecular weight is 274 g/mol. The van der Waals surface area contributed by atoms with Crippen LogP contribution in [0.25, 0.3) is 0 Å². The van der Waals surface area contributed by atoms with E-state index in [-0.39, 0.29) is 18.4 Å². The van der Waals surface area contributed by atoms with Gasteiger partial charge in [0.15, 0.2) is 0 Å². The number of benzene rings is 1. The zero-order valence-electron chi connectivity index (χ0n) is 11.4. The molecular weight excluding hydrogens is 255 g/mol. The van der Waals surface area contributed by atoms with Crippen LogP contribution in [0.3, 0.4) is 0 Å². The Bertz CT molecular complexity index is 495. The summed E-state index contributed by atoms with van der Waals surface area (Å²) in [6.45, 7) is 0.288. The highest BCUT2D eigenvalue weighted by Crippen LogP contribution is 2.16. The van der Waals surface area contributed by atoms with Gasteiger partial charge >= 0.3 is 6.03 Å². The maximum atomic E-state index is 12.7. The molecule has 1 saturated carbocycles. The molecule has 0 radical (unpaired) electrons. The molecule has 106 valence electrons. The van der Waals surface area contributed by atoms with Crippen LogP contribution in [0.15, 0.2) is 24.3 Å². The standard InChI is InChI=1S/C16H19FN2O/c17-14-10-8-13(9-11-14)5-4-12-18-16(20)19-15-6-2-1-3-7-15/h8-11,15H,1-3,6-7,12H2,(H2,18,19,20). The van der Waals surface area contributed by atoms with Gasteiger partial charge in [-0.25, -0.2) is 9.18 Å². The molecule has 4 heteroatoms. The third-order valence-corrected chi connectivity index (χ3v) is 3.35. The maximum absolute atomic E-state index is 12.7. The zero-order chi connectivity index (χ0) is 14.2. The smallest absolute Gasteiger partial charge is 0.315 e. The molecule has 20 heavy (non-hydrogen) atoms. The van der Waals surface area contributed by atoms with E-state index in [4.69, 9.17) is 0 Å². The van der Waals surface area contributed by atoms with E-state index in [0.29, 0.717) is 6.04 Å². The summed E-state index contributed by atoms with van der Waals surface area (Å²) in [4.78, 5) is 11.6. The molecule has 2 amide bonds. The lowest BCUT2D eigenvalue weighted by Crippen LogP contribution is -2.42. The van der Waals surface area contributed by atoms with Crippen LogP contribution in [0, 0.1) is 17.7 Å². The molecule has 0 bridgehead atoms. The first-order valence-electron chi connectivity index (χ1n) is 7.03. The molecular formula is C16H19FN2O. The van der Waals surface area contributed by atoms with Gasteiger partial charge in [0.25, 0.3) is 0 Å². The van der Waals surface area contributed by atoms with Gasteiger partial charge in [-0.15, -0.1) is 0 Å². The van der Waals surface area contributed by atoms with Crippen LogP contribution in [-0.2, 0) is 0 Å². The lowest BCUT2D eigenvalue weighted by molar-refractivity contribution is 0.234. The molecule has 0 atom stereocenters. The first kappa shape index (κ1) is 14.4. The highest BCUT2D eigenvalue weighted by molar-refractivity contribution is 5.74. The number of nitrogens with one attached hydrogen (secondary N) is 2. The molecule has 0 aromatic heterocycles. The Labute approximate surface area is 119 Å². The first-order chi connectivity index (χ1) is 9.74. The number of carbonyl (C=O) groups is 1. The molecule has 1 aliphatic carbocycles. The van der Waals surface area contributed by atoms with Gasteiger partial charge in [0, 0.05) is 11.6 Å². The first-order valence-corrected chi connectivity index (χ1v) is 7.03. The number of carbonyl (C=O) groups excluding carboxylic acids is 1. The molecule has 3 nitrogen and oxygen atoms in total. The molecule has 0 spiro atoms. The van der Waals surface area contributed by atoms with Gasteiger partial charge < -0.3 is 10.6 Å². The zero-order valence-corrected chi connectivity index (χ0v) is 11.4. The summed E-state index contributed by atoms with van der Waals surface area (Å²) < 4.78 is 12.7. The summed E-state index contributed by atoms with van der Waals surface area (Å²) >= 11 is 0. The molecule has 1 aromatic rings. The Morgan fingerprint density at radius 1 is 1.20 bits per heavy atom. The normalized spacial score (nSPS) is 15.1. The number of halogens is 1. The molecule has 1 aliphatic rings. The van der Waals surface area contributed by atoms with Gasteiger partial charge in [0.05, 0.1) is 6.54 Å². The molecule has 2 N–H and O–H groups in total. The van der Waals surface area contributed by atoms with E-state index in [1.807, 2.05) is 0 Å². The third kappa shape index (κ3) is 4.93. The fraction of sp³-hybridized carbons (Fsp3) is 0.438. The Morgan fingerprint density at radius 2 is 1.90 bits per heavy atom. The van der Waals surface area contributed by atoms with Gasteiger partial charge in [0.2, 0.25) is 0 Å². The molecule has 0 aliphatic heterocycles. The highest BCUT2D eigenvalue weighted by Gasteiger charge is 2.14. The van der Waals surface area contributed by atoms with E-state index < -0.39 is 0 Å². The molecule has 1 aromatic carbocycles. The summed E-state index contributed by atoms with van der Waals surface area (Å²) in [6.07, 6.45) is 5.77. The van der Waals surface area contributed by atoms with Gasteiger partial charge in [0.1, 0.15) is 5.82 Å². The Kier molecular flexibility index (Phi) is 5.43. The van der Waals surface area contributed by atoms with Crippen LogP contribution in [0.4, 0.5) is 9.18 Å². The Morgan fingerprint density at radius 3 is 2.60 bits per heavy atom. The van der Waals surface area contributed by atoms with Crippen molar-refractivity contribution < 1.29 is 9.18 Å². The summed E-state index contributed by atoms with van der Waals surface area (Å²) in [6, 6.07) is 6.11. The van der Waals surface area contributed by atoms with E-state index in [2.05, 4.69) is 22.5 Å². The summed E-state index contributed by atoms with van der Waals surface area (Å²) in [5.41, 5.74) is 0.737. The number of urea groups is 1. The van der Waals surface area contributed by atoms with Crippen LogP contribution < -0.4 is 10.6 Å². The lowest BCUT2D eigenvalue weighted by Gasteiger charge is -2.22. The highest BCUT2D eigenvalue weighted by atomic mass is 19.1. The molecule has 2 rings (SSSR count). The largest absolute Gasteiger partial charge is 0.335 e. The van der Waals surface area contributed by atoms with Crippen LogP contribution >= 0.6 is 0 Å². The topological polar surface area (TPSA) is 41.1 Å². The van der Waals surface area contributed by atoms with Crippen molar-refractivity contribution in [2.45, 2.75) is 38.1 Å². The van der Waals surface area contributed by atoms with Crippen LogP contribution in [-0.4, -0.2) is 18.6 Å². The van der Waals surface area contributed by atoms with Crippen molar-refractivity contribution >= 4 is 6.03 Å². The summed E-state index contributed by atoms with van der Waals surface area (Å²) in [5, 5.41) is 5.67. The van der Waals surface area contributed by atoms with Crippen molar-refractivity contribution in [2.24, 2.45) is 0 Å². The second-order valence-corrected chi connectivity index (χ2v) is 4.97.